The maximum Gasteiger partial charge on any atom is 0.305 e. The normalized spacial score (nSPS) is 27.5. The highest BCUT2D eigenvalue weighted by Crippen LogP contribution is 2.27. The number of carbonyl (C=O) groups is 3. The summed E-state index contributed by atoms with van der Waals surface area (Å²) in [6, 6.07) is -2.24. The highest BCUT2D eigenvalue weighted by atomic mass is 16.4. The van der Waals surface area contributed by atoms with E-state index < -0.39 is 31.2 Å². The summed E-state index contributed by atoms with van der Waals surface area (Å²) in [5.41, 5.74) is 0. The molecule has 2 aliphatic rings. The summed E-state index contributed by atoms with van der Waals surface area (Å²) in [4.78, 5) is 37.4. The number of carbonyl (C=O) groups excluding carboxylic acids is 2. The Kier molecular flexibility index (Phi) is 6.09. The SMILES string of the molecule is [3H]C[C@@]([3H])(NC(=O)CN1CCC[C@@H](CCC2CCNCC2)C1=O)C([3H])C(=O)O. The lowest BCUT2D eigenvalue weighted by Crippen LogP contribution is -2.48. The lowest BCUT2D eigenvalue weighted by Gasteiger charge is -2.33. The quantitative estimate of drug-likeness (QED) is 0.600. The molecule has 0 aromatic rings. The summed E-state index contributed by atoms with van der Waals surface area (Å²) in [7, 11) is 0. The van der Waals surface area contributed by atoms with Crippen LogP contribution in [0.2, 0.25) is 0 Å². The molecule has 1 unspecified atom stereocenters. The fourth-order valence-electron chi connectivity index (χ4n) is 3.63. The smallest absolute Gasteiger partial charge is 0.305 e. The number of nitrogens with one attached hydrogen (secondary N) is 2. The van der Waals surface area contributed by atoms with Gasteiger partial charge in [0, 0.05) is 21.2 Å². The van der Waals surface area contributed by atoms with Crippen molar-refractivity contribution in [2.75, 3.05) is 26.2 Å². The summed E-state index contributed by atoms with van der Waals surface area (Å²) in [5.74, 6) is -1.81. The second-order valence-corrected chi connectivity index (χ2v) is 6.93. The molecule has 7 heteroatoms. The summed E-state index contributed by atoms with van der Waals surface area (Å²) < 4.78 is 22.8. The van der Waals surface area contributed by atoms with Crippen LogP contribution in [0, 0.1) is 11.8 Å². The number of aliphatic carboxylic acids is 1. The fourth-order valence-corrected chi connectivity index (χ4v) is 3.63. The zero-order valence-corrected chi connectivity index (χ0v) is 14.6. The minimum atomic E-state index is -2.24. The molecule has 25 heavy (non-hydrogen) atoms. The highest BCUT2D eigenvalue weighted by Gasteiger charge is 2.30. The summed E-state index contributed by atoms with van der Waals surface area (Å²) in [6.07, 6.45) is 3.72. The van der Waals surface area contributed by atoms with E-state index in [0.717, 1.165) is 51.6 Å². The lowest BCUT2D eigenvalue weighted by atomic mass is 9.86. The molecule has 142 valence electrons. The zero-order valence-electron chi connectivity index (χ0n) is 17.6. The monoisotopic (exact) mass is 359 g/mol. The maximum atomic E-state index is 12.7. The molecule has 2 fully saturated rings. The average molecular weight is 359 g/mol. The predicted octanol–water partition coefficient (Wildman–Crippen LogP) is 0.984. The third-order valence-corrected chi connectivity index (χ3v) is 4.96. The molecular formula is C18H31N3O4. The largest absolute Gasteiger partial charge is 0.481 e. The molecule has 2 aliphatic heterocycles. The summed E-state index contributed by atoms with van der Waals surface area (Å²) in [6.45, 7) is 1.47. The predicted molar refractivity (Wildman–Crippen MR) is 94.0 cm³/mol. The van der Waals surface area contributed by atoms with Gasteiger partial charge in [-0.25, -0.2) is 0 Å². The standard InChI is InChI=1S/C18H31N3O4/c1-13(11-17(23)24)20-16(22)12-21-10-2-3-15(18(21)25)5-4-14-6-8-19-9-7-14/h13-15,19H,2-12H2,1H3,(H,20,22)(H,23,24)/t13-,15+/m1/s1/i1T,11T,13T/t11?,13-,15+. The van der Waals surface area contributed by atoms with Crippen molar-refractivity contribution in [2.45, 2.75) is 57.8 Å². The third kappa shape index (κ3) is 6.65. The Morgan fingerprint density at radius 1 is 1.44 bits per heavy atom. The minimum Gasteiger partial charge on any atom is -0.481 e. The van der Waals surface area contributed by atoms with Gasteiger partial charge >= 0.3 is 5.97 Å². The number of nitrogens with zero attached hydrogens (tertiary/aromatic N) is 1. The first kappa shape index (κ1) is 15.6. The number of carboxylic acids is 1. The van der Waals surface area contributed by atoms with Crippen LogP contribution in [0.4, 0.5) is 0 Å². The van der Waals surface area contributed by atoms with Gasteiger partial charge in [0.2, 0.25) is 11.8 Å². The molecule has 0 aromatic carbocycles. The molecule has 2 rings (SSSR count). The third-order valence-electron chi connectivity index (χ3n) is 4.96. The van der Waals surface area contributed by atoms with Crippen molar-refractivity contribution in [3.63, 3.8) is 0 Å². The van der Waals surface area contributed by atoms with E-state index >= 15 is 0 Å². The van der Waals surface area contributed by atoms with Gasteiger partial charge in [-0.2, -0.15) is 0 Å². The summed E-state index contributed by atoms with van der Waals surface area (Å²) in [5, 5.41) is 14.4. The molecule has 0 spiro atoms. The van der Waals surface area contributed by atoms with Crippen LogP contribution >= 0.6 is 0 Å². The number of hydrogen-bond donors (Lipinski definition) is 3. The molecule has 3 N–H and O–H groups in total. The summed E-state index contributed by atoms with van der Waals surface area (Å²) >= 11 is 0. The van der Waals surface area contributed by atoms with Crippen LogP contribution < -0.4 is 10.6 Å². The van der Waals surface area contributed by atoms with Crippen LogP contribution in [0.5, 0.6) is 0 Å². The molecule has 0 saturated carbocycles. The fraction of sp³-hybridized carbons (Fsp3) is 0.833. The zero-order chi connectivity index (χ0) is 20.7. The van der Waals surface area contributed by atoms with Crippen LogP contribution in [0.25, 0.3) is 0 Å². The van der Waals surface area contributed by atoms with Gasteiger partial charge in [0.1, 0.15) is 0 Å². The number of rotatable bonds is 8. The average Bonchev–Trinajstić information content (AvgIpc) is 2.68. The van der Waals surface area contributed by atoms with E-state index in [1.807, 2.05) is 0 Å². The Hall–Kier alpha value is -1.63. The number of hydrogen-bond acceptors (Lipinski definition) is 4. The molecule has 2 heterocycles. The number of likely N-dealkylation sites (tertiary alicyclic amines) is 1. The van der Waals surface area contributed by atoms with Crippen LogP contribution in [-0.4, -0.2) is 60.0 Å². The van der Waals surface area contributed by atoms with Gasteiger partial charge in [0.05, 0.1) is 14.3 Å². The van der Waals surface area contributed by atoms with Crippen molar-refractivity contribution in [3.05, 3.63) is 0 Å². The minimum absolute atomic E-state index is 0.0718. The van der Waals surface area contributed by atoms with E-state index in [4.69, 9.17) is 9.22 Å². The molecule has 0 aromatic heterocycles. The molecule has 2 amide bonds. The van der Waals surface area contributed by atoms with Crippen LogP contribution in [0.15, 0.2) is 0 Å². The van der Waals surface area contributed by atoms with Gasteiger partial charge in [0.15, 0.2) is 0 Å². The molecule has 7 nitrogen and oxygen atoms in total. The van der Waals surface area contributed by atoms with E-state index in [1.165, 1.54) is 4.90 Å². The van der Waals surface area contributed by atoms with Crippen molar-refractivity contribution in [3.8, 4) is 0 Å². The first-order valence-electron chi connectivity index (χ1n) is 10.8. The molecule has 0 radical (unpaired) electrons. The van der Waals surface area contributed by atoms with Gasteiger partial charge in [-0.15, -0.1) is 0 Å². The van der Waals surface area contributed by atoms with E-state index in [0.29, 0.717) is 12.5 Å². The Balaban J connectivity index is 1.87. The van der Waals surface area contributed by atoms with Gasteiger partial charge in [-0.3, -0.25) is 14.4 Å². The Morgan fingerprint density at radius 3 is 2.88 bits per heavy atom. The Labute approximate surface area is 153 Å². The van der Waals surface area contributed by atoms with Crippen LogP contribution in [-0.2, 0) is 14.4 Å². The van der Waals surface area contributed by atoms with Crippen molar-refractivity contribution >= 4 is 17.8 Å². The maximum absolute atomic E-state index is 12.7. The van der Waals surface area contributed by atoms with Crippen LogP contribution in [0.3, 0.4) is 0 Å². The van der Waals surface area contributed by atoms with Crippen molar-refractivity contribution in [2.24, 2.45) is 11.8 Å². The van der Waals surface area contributed by atoms with Crippen molar-refractivity contribution in [1.82, 2.24) is 15.5 Å². The molecular weight excluding hydrogens is 322 g/mol. The first-order valence-corrected chi connectivity index (χ1v) is 9.01. The van der Waals surface area contributed by atoms with Crippen molar-refractivity contribution < 1.29 is 23.6 Å². The number of amides is 2. The van der Waals surface area contributed by atoms with Gasteiger partial charge in [-0.05, 0) is 64.4 Å². The van der Waals surface area contributed by atoms with Gasteiger partial charge in [0.25, 0.3) is 0 Å². The van der Waals surface area contributed by atoms with E-state index in [2.05, 4.69) is 10.6 Å². The second kappa shape index (κ2) is 9.75. The molecule has 3 atom stereocenters. The Bertz CT molecular complexity index is 574. The lowest BCUT2D eigenvalue weighted by molar-refractivity contribution is -0.143. The second-order valence-electron chi connectivity index (χ2n) is 6.93. The molecule has 2 saturated heterocycles. The highest BCUT2D eigenvalue weighted by molar-refractivity contribution is 5.86. The first-order chi connectivity index (χ1) is 13.3. The van der Waals surface area contributed by atoms with Crippen molar-refractivity contribution in [1.29, 1.82) is 0 Å². The van der Waals surface area contributed by atoms with E-state index in [1.54, 1.807) is 0 Å². The van der Waals surface area contributed by atoms with E-state index in [-0.39, 0.29) is 18.4 Å². The number of piperidine rings is 2. The Morgan fingerprint density at radius 2 is 2.20 bits per heavy atom. The van der Waals surface area contributed by atoms with Crippen LogP contribution in [0.1, 0.15) is 55.9 Å². The van der Waals surface area contributed by atoms with Gasteiger partial charge < -0.3 is 20.6 Å². The molecule has 0 bridgehead atoms. The van der Waals surface area contributed by atoms with Gasteiger partial charge in [-0.1, -0.05) is 0 Å². The topological polar surface area (TPSA) is 98.7 Å². The number of carboxylic acid groups (broad SMARTS) is 1. The molecule has 0 aliphatic carbocycles. The van der Waals surface area contributed by atoms with E-state index in [9.17, 15) is 14.4 Å².